The lowest BCUT2D eigenvalue weighted by Crippen LogP contribution is -2.41. The molecule has 1 atom stereocenters. The van der Waals surface area contributed by atoms with Gasteiger partial charge in [-0.15, -0.1) is 10.2 Å². The summed E-state index contributed by atoms with van der Waals surface area (Å²) in [6, 6.07) is 13.8. The van der Waals surface area contributed by atoms with E-state index in [1.165, 1.54) is 11.3 Å². The summed E-state index contributed by atoms with van der Waals surface area (Å²) in [7, 11) is 0. The maximum atomic E-state index is 12.6. The number of rotatable bonds is 6. The highest BCUT2D eigenvalue weighted by atomic mass is 35.5. The van der Waals surface area contributed by atoms with Crippen molar-refractivity contribution in [2.45, 2.75) is 18.8 Å². The van der Waals surface area contributed by atoms with Gasteiger partial charge >= 0.3 is 0 Å². The highest BCUT2D eigenvalue weighted by Gasteiger charge is 2.28. The van der Waals surface area contributed by atoms with Crippen LogP contribution in [0.25, 0.3) is 0 Å². The van der Waals surface area contributed by atoms with Crippen LogP contribution >= 0.6 is 34.5 Å². The molecule has 1 fully saturated rings. The summed E-state index contributed by atoms with van der Waals surface area (Å²) in [6.45, 7) is 1.14. The van der Waals surface area contributed by atoms with Crippen LogP contribution in [-0.2, 0) is 4.79 Å². The fourth-order valence-electron chi connectivity index (χ4n) is 3.41. The lowest BCUT2D eigenvalue weighted by Gasteiger charge is -2.31. The number of nitrogens with one attached hydrogen (secondary N) is 1. The second-order valence-corrected chi connectivity index (χ2v) is 9.21. The van der Waals surface area contributed by atoms with E-state index in [9.17, 15) is 9.59 Å². The Hall–Kier alpha value is -2.68. The number of benzene rings is 2. The van der Waals surface area contributed by atoms with Crippen LogP contribution in [0.5, 0.6) is 5.75 Å². The van der Waals surface area contributed by atoms with Gasteiger partial charge in [-0.1, -0.05) is 40.6 Å². The third kappa shape index (κ3) is 5.76. The van der Waals surface area contributed by atoms with Crippen molar-refractivity contribution in [2.75, 3.05) is 25.0 Å². The molecule has 1 aromatic heterocycles. The Morgan fingerprint density at radius 3 is 2.72 bits per heavy atom. The third-order valence-corrected chi connectivity index (χ3v) is 6.59. The Balaban J connectivity index is 1.34. The molecule has 0 saturated carbocycles. The minimum Gasteiger partial charge on any atom is -0.484 e. The molecule has 0 radical (unpaired) electrons. The number of nitrogens with zero attached hydrogens (tertiary/aromatic N) is 3. The number of ether oxygens (including phenoxy) is 1. The number of likely N-dealkylation sites (tertiary alicyclic amines) is 1. The monoisotopic (exact) mass is 490 g/mol. The first-order valence-corrected chi connectivity index (χ1v) is 11.6. The van der Waals surface area contributed by atoms with Crippen LogP contribution in [-0.4, -0.2) is 46.6 Å². The molecule has 2 heterocycles. The SMILES string of the molecule is O=C(Nc1cccc(Cl)c1)c1nnc([C@@H]2CCCN(C(=O)COc3ccc(Cl)cc3)C2)s1. The molecule has 2 amide bonds. The molecule has 0 unspecified atom stereocenters. The summed E-state index contributed by atoms with van der Waals surface area (Å²) < 4.78 is 5.58. The van der Waals surface area contributed by atoms with Crippen LogP contribution in [0, 0.1) is 0 Å². The van der Waals surface area contributed by atoms with E-state index in [0.29, 0.717) is 34.6 Å². The number of anilines is 1. The average Bonchev–Trinajstić information content (AvgIpc) is 3.29. The van der Waals surface area contributed by atoms with E-state index >= 15 is 0 Å². The van der Waals surface area contributed by atoms with Gasteiger partial charge in [0, 0.05) is 34.7 Å². The number of halogens is 2. The molecule has 7 nitrogen and oxygen atoms in total. The maximum Gasteiger partial charge on any atom is 0.286 e. The Morgan fingerprint density at radius 2 is 1.94 bits per heavy atom. The van der Waals surface area contributed by atoms with Crippen molar-refractivity contribution in [3.63, 3.8) is 0 Å². The summed E-state index contributed by atoms with van der Waals surface area (Å²) in [4.78, 5) is 26.9. The third-order valence-electron chi connectivity index (χ3n) is 5.02. The smallest absolute Gasteiger partial charge is 0.286 e. The van der Waals surface area contributed by atoms with Gasteiger partial charge in [0.2, 0.25) is 5.01 Å². The normalized spacial score (nSPS) is 15.9. The highest BCUT2D eigenvalue weighted by molar-refractivity contribution is 7.13. The van der Waals surface area contributed by atoms with Crippen molar-refractivity contribution < 1.29 is 14.3 Å². The largest absolute Gasteiger partial charge is 0.484 e. The molecular formula is C22H20Cl2N4O3S. The zero-order valence-corrected chi connectivity index (χ0v) is 19.3. The zero-order chi connectivity index (χ0) is 22.5. The number of aromatic nitrogens is 2. The van der Waals surface area contributed by atoms with Crippen molar-refractivity contribution in [1.82, 2.24) is 15.1 Å². The quantitative estimate of drug-likeness (QED) is 0.531. The Morgan fingerprint density at radius 1 is 1.12 bits per heavy atom. The summed E-state index contributed by atoms with van der Waals surface area (Å²) in [5, 5.41) is 13.2. The van der Waals surface area contributed by atoms with E-state index in [1.54, 1.807) is 53.4 Å². The van der Waals surface area contributed by atoms with Gasteiger partial charge in [0.1, 0.15) is 10.8 Å². The van der Waals surface area contributed by atoms with Crippen molar-refractivity contribution in [1.29, 1.82) is 0 Å². The van der Waals surface area contributed by atoms with Crippen molar-refractivity contribution >= 4 is 52.0 Å². The van der Waals surface area contributed by atoms with E-state index in [-0.39, 0.29) is 29.3 Å². The van der Waals surface area contributed by atoms with E-state index < -0.39 is 0 Å². The summed E-state index contributed by atoms with van der Waals surface area (Å²) >= 11 is 13.1. The minimum atomic E-state index is -0.337. The van der Waals surface area contributed by atoms with Crippen LogP contribution < -0.4 is 10.1 Å². The predicted molar refractivity (Wildman–Crippen MR) is 125 cm³/mol. The number of piperidine rings is 1. The predicted octanol–water partition coefficient (Wildman–Crippen LogP) is 4.88. The molecule has 1 aliphatic rings. The van der Waals surface area contributed by atoms with Crippen molar-refractivity contribution in [3.8, 4) is 5.75 Å². The first-order chi connectivity index (χ1) is 15.5. The van der Waals surface area contributed by atoms with Crippen molar-refractivity contribution in [2.24, 2.45) is 0 Å². The van der Waals surface area contributed by atoms with E-state index in [4.69, 9.17) is 27.9 Å². The number of amides is 2. The zero-order valence-electron chi connectivity index (χ0n) is 17.0. The van der Waals surface area contributed by atoms with E-state index in [1.807, 2.05) is 0 Å². The van der Waals surface area contributed by atoms with Crippen LogP contribution in [0.3, 0.4) is 0 Å². The van der Waals surface area contributed by atoms with Gasteiger partial charge in [-0.25, -0.2) is 0 Å². The summed E-state index contributed by atoms with van der Waals surface area (Å²) in [5.41, 5.74) is 0.592. The minimum absolute atomic E-state index is 0.0356. The van der Waals surface area contributed by atoms with E-state index in [0.717, 1.165) is 17.8 Å². The number of carbonyl (C=O) groups excluding carboxylic acids is 2. The lowest BCUT2D eigenvalue weighted by atomic mass is 9.99. The molecule has 0 bridgehead atoms. The molecule has 2 aromatic carbocycles. The van der Waals surface area contributed by atoms with E-state index in [2.05, 4.69) is 15.5 Å². The van der Waals surface area contributed by atoms with Gasteiger partial charge in [-0.05, 0) is 55.3 Å². The summed E-state index contributed by atoms with van der Waals surface area (Å²) in [5.74, 6) is 0.202. The highest BCUT2D eigenvalue weighted by Crippen LogP contribution is 2.29. The number of hydrogen-bond donors (Lipinski definition) is 1. The van der Waals surface area contributed by atoms with Crippen LogP contribution in [0.2, 0.25) is 10.0 Å². The van der Waals surface area contributed by atoms with Gasteiger partial charge in [0.05, 0.1) is 0 Å². The Labute approximate surface area is 199 Å². The maximum absolute atomic E-state index is 12.6. The molecule has 166 valence electrons. The van der Waals surface area contributed by atoms with Gasteiger partial charge in [0.25, 0.3) is 11.8 Å². The van der Waals surface area contributed by atoms with Gasteiger partial charge in [0.15, 0.2) is 6.61 Å². The standard InChI is InChI=1S/C22H20Cl2N4O3S/c23-15-6-8-18(9-7-15)31-13-19(29)28-10-2-3-14(12-28)21-26-27-22(32-21)20(30)25-17-5-1-4-16(24)11-17/h1,4-9,11,14H,2-3,10,12-13H2,(H,25,30)/t14-/m1/s1. The van der Waals surface area contributed by atoms with Gasteiger partial charge in [-0.2, -0.15) is 0 Å². The van der Waals surface area contributed by atoms with Crippen LogP contribution in [0.4, 0.5) is 5.69 Å². The first kappa shape index (κ1) is 22.5. The first-order valence-electron chi connectivity index (χ1n) is 10.0. The molecule has 0 spiro atoms. The lowest BCUT2D eigenvalue weighted by molar-refractivity contribution is -0.134. The average molecular weight is 491 g/mol. The van der Waals surface area contributed by atoms with Crippen LogP contribution in [0.1, 0.15) is 33.6 Å². The Kier molecular flexibility index (Phi) is 7.24. The second-order valence-electron chi connectivity index (χ2n) is 7.33. The van der Waals surface area contributed by atoms with Gasteiger partial charge < -0.3 is 15.0 Å². The summed E-state index contributed by atoms with van der Waals surface area (Å²) in [6.07, 6.45) is 1.73. The molecule has 4 rings (SSSR count). The topological polar surface area (TPSA) is 84.4 Å². The fourth-order valence-corrected chi connectivity index (χ4v) is 4.59. The molecule has 1 saturated heterocycles. The van der Waals surface area contributed by atoms with Crippen molar-refractivity contribution in [3.05, 3.63) is 68.6 Å². The molecule has 32 heavy (non-hydrogen) atoms. The fraction of sp³-hybridized carbons (Fsp3) is 0.273. The molecule has 1 aliphatic heterocycles. The number of carbonyl (C=O) groups is 2. The van der Waals surface area contributed by atoms with Crippen LogP contribution in [0.15, 0.2) is 48.5 Å². The molecular weight excluding hydrogens is 471 g/mol. The Bertz CT molecular complexity index is 1110. The van der Waals surface area contributed by atoms with Gasteiger partial charge in [-0.3, -0.25) is 9.59 Å². The number of hydrogen-bond acceptors (Lipinski definition) is 6. The molecule has 3 aromatic rings. The molecule has 0 aliphatic carbocycles. The second kappa shape index (κ2) is 10.3. The molecule has 1 N–H and O–H groups in total. The molecule has 10 heteroatoms.